The van der Waals surface area contributed by atoms with Crippen molar-refractivity contribution < 1.29 is 23.4 Å². The Kier molecular flexibility index (Phi) is 8.73. The summed E-state index contributed by atoms with van der Waals surface area (Å²) >= 11 is 1.40. The topological polar surface area (TPSA) is 78.1 Å². The Bertz CT molecular complexity index is 1480. The van der Waals surface area contributed by atoms with E-state index in [0.29, 0.717) is 45.3 Å². The number of halogens is 1. The van der Waals surface area contributed by atoms with Gasteiger partial charge in [-0.25, -0.2) is 14.2 Å². The normalized spacial score (nSPS) is 13.7. The number of ketones is 1. The third kappa shape index (κ3) is 6.95. The smallest absolute Gasteiger partial charge is 0.229 e. The lowest BCUT2D eigenvalue weighted by atomic mass is 10.1. The van der Waals surface area contributed by atoms with Crippen LogP contribution in [0.15, 0.2) is 54.2 Å². The monoisotopic (exact) mass is 546 g/mol. The number of carbonyl (C=O) groups excluding carboxylic acids is 1. The van der Waals surface area contributed by atoms with Crippen LogP contribution in [0, 0.1) is 12.4 Å². The van der Waals surface area contributed by atoms with Crippen LogP contribution in [0.4, 0.5) is 10.1 Å². The Balaban J connectivity index is 1.25. The van der Waals surface area contributed by atoms with Crippen LogP contribution in [0.3, 0.4) is 0 Å². The molecular weight excluding hydrogens is 519 g/mol. The predicted molar refractivity (Wildman–Crippen MR) is 146 cm³/mol. The fourth-order valence-corrected chi connectivity index (χ4v) is 5.01. The Morgan fingerprint density at radius 3 is 2.74 bits per heavy atom. The molecule has 0 N–H and O–H groups in total. The number of nitrogens with zero attached hydrogens (tertiary/aromatic N) is 4. The first-order chi connectivity index (χ1) is 19.1. The highest BCUT2D eigenvalue weighted by molar-refractivity contribution is 7.09. The van der Waals surface area contributed by atoms with Gasteiger partial charge < -0.3 is 14.2 Å². The van der Waals surface area contributed by atoms with Gasteiger partial charge in [0.05, 0.1) is 43.3 Å². The second-order valence-electron chi connectivity index (χ2n) is 9.09. The maximum Gasteiger partial charge on any atom is 0.229 e. The molecule has 8 nitrogen and oxygen atoms in total. The van der Waals surface area contributed by atoms with Gasteiger partial charge in [0.1, 0.15) is 28.8 Å². The quantitative estimate of drug-likeness (QED) is 0.178. The zero-order chi connectivity index (χ0) is 27.0. The van der Waals surface area contributed by atoms with E-state index in [1.807, 2.05) is 0 Å². The van der Waals surface area contributed by atoms with Gasteiger partial charge in [-0.2, -0.15) is 0 Å². The first kappa shape index (κ1) is 26.7. The molecule has 0 amide bonds. The molecule has 39 heavy (non-hydrogen) atoms. The van der Waals surface area contributed by atoms with E-state index in [9.17, 15) is 9.18 Å². The Morgan fingerprint density at radius 1 is 1.10 bits per heavy atom. The van der Waals surface area contributed by atoms with Gasteiger partial charge >= 0.3 is 0 Å². The number of rotatable bonds is 11. The number of morpholine rings is 1. The number of thiazole rings is 1. The average Bonchev–Trinajstić information content (AvgIpc) is 3.46. The Hall–Kier alpha value is -3.91. The molecule has 3 heterocycles. The third-order valence-corrected chi connectivity index (χ3v) is 7.13. The minimum Gasteiger partial charge on any atom is -0.504 e. The molecule has 1 aliphatic rings. The summed E-state index contributed by atoms with van der Waals surface area (Å²) in [6.45, 7) is 12.4. The van der Waals surface area contributed by atoms with E-state index in [0.717, 1.165) is 39.3 Å². The molecule has 2 aromatic carbocycles. The number of Topliss-reactive ketones (excluding diaryl/α,β-unsaturated/α-hetero) is 1. The molecule has 1 saturated heterocycles. The molecule has 1 fully saturated rings. The Morgan fingerprint density at radius 2 is 1.97 bits per heavy atom. The lowest BCUT2D eigenvalue weighted by molar-refractivity contribution is -0.117. The van der Waals surface area contributed by atoms with Gasteiger partial charge in [0.2, 0.25) is 5.69 Å². The van der Waals surface area contributed by atoms with Crippen molar-refractivity contribution >= 4 is 33.7 Å². The molecule has 200 valence electrons. The van der Waals surface area contributed by atoms with Crippen LogP contribution in [0.2, 0.25) is 0 Å². The second-order valence-corrected chi connectivity index (χ2v) is 10.1. The molecule has 0 aliphatic carbocycles. The van der Waals surface area contributed by atoms with Crippen molar-refractivity contribution in [3.8, 4) is 17.2 Å². The van der Waals surface area contributed by atoms with Gasteiger partial charge in [-0.15, -0.1) is 11.3 Å². The number of hydrogen-bond acceptors (Lipinski definition) is 8. The number of pyridine rings is 1. The summed E-state index contributed by atoms with van der Waals surface area (Å²) < 4.78 is 32.1. The number of fused-ring (bicyclic) bond motifs is 1. The summed E-state index contributed by atoms with van der Waals surface area (Å²) in [6, 6.07) is 9.54. The summed E-state index contributed by atoms with van der Waals surface area (Å²) in [4.78, 5) is 26.8. The molecule has 4 aromatic rings. The summed E-state index contributed by atoms with van der Waals surface area (Å²) in [5.74, 6) is 0.568. The molecule has 5 rings (SSSR count). The first-order valence-corrected chi connectivity index (χ1v) is 13.6. The maximum absolute atomic E-state index is 14.8. The predicted octanol–water partition coefficient (Wildman–Crippen LogP) is 5.63. The van der Waals surface area contributed by atoms with Gasteiger partial charge in [0.25, 0.3) is 0 Å². The summed E-state index contributed by atoms with van der Waals surface area (Å²) in [6.07, 6.45) is 4.24. The number of benzene rings is 2. The molecule has 1 aliphatic heterocycles. The van der Waals surface area contributed by atoms with Crippen molar-refractivity contribution in [3.05, 3.63) is 82.0 Å². The minimum absolute atomic E-state index is 0.0204. The van der Waals surface area contributed by atoms with E-state index in [4.69, 9.17) is 20.8 Å². The summed E-state index contributed by atoms with van der Waals surface area (Å²) in [5.41, 5.74) is 1.26. The zero-order valence-electron chi connectivity index (χ0n) is 21.3. The van der Waals surface area contributed by atoms with Crippen LogP contribution < -0.4 is 9.47 Å². The lowest BCUT2D eigenvalue weighted by Crippen LogP contribution is -2.37. The van der Waals surface area contributed by atoms with Crippen LogP contribution >= 0.6 is 11.3 Å². The van der Waals surface area contributed by atoms with Crippen molar-refractivity contribution in [1.29, 1.82) is 0 Å². The molecule has 0 unspecified atom stereocenters. The first-order valence-electron chi connectivity index (χ1n) is 12.7. The van der Waals surface area contributed by atoms with E-state index < -0.39 is 5.82 Å². The highest BCUT2D eigenvalue weighted by Crippen LogP contribution is 2.37. The van der Waals surface area contributed by atoms with Crippen molar-refractivity contribution in [2.75, 3.05) is 39.5 Å². The van der Waals surface area contributed by atoms with Gasteiger partial charge in [0.15, 0.2) is 0 Å². The Labute approximate surface area is 229 Å². The van der Waals surface area contributed by atoms with Gasteiger partial charge in [-0.3, -0.25) is 14.7 Å². The molecule has 0 spiro atoms. The highest BCUT2D eigenvalue weighted by Gasteiger charge is 2.15. The van der Waals surface area contributed by atoms with Gasteiger partial charge in [-0.1, -0.05) is 6.07 Å². The number of carbonyl (C=O) groups is 1. The maximum atomic E-state index is 14.8. The molecule has 0 radical (unpaired) electrons. The van der Waals surface area contributed by atoms with Crippen LogP contribution in [-0.2, 0) is 22.4 Å². The molecular formula is C29H27FN4O4S. The molecule has 0 atom stereocenters. The SMILES string of the molecule is [C-]#[N+]c1cc2c(Oc3ccc(CC(=O)Cc4nccs4)c(F)c3)ccnc2cc1OCCCN1CCOCC1. The largest absolute Gasteiger partial charge is 0.504 e. The van der Waals surface area contributed by atoms with Crippen LogP contribution in [0.25, 0.3) is 15.7 Å². The average molecular weight is 547 g/mol. The van der Waals surface area contributed by atoms with E-state index in [-0.39, 0.29) is 24.4 Å². The van der Waals surface area contributed by atoms with E-state index in [1.165, 1.54) is 17.4 Å². The third-order valence-electron chi connectivity index (χ3n) is 6.35. The number of ether oxygens (including phenoxy) is 3. The molecule has 0 saturated carbocycles. The number of hydrogen-bond donors (Lipinski definition) is 0. The van der Waals surface area contributed by atoms with Crippen molar-refractivity contribution in [3.63, 3.8) is 0 Å². The van der Waals surface area contributed by atoms with Crippen LogP contribution in [-0.4, -0.2) is 60.1 Å². The van der Waals surface area contributed by atoms with Gasteiger partial charge in [-0.05, 0) is 36.2 Å². The zero-order valence-corrected chi connectivity index (χ0v) is 22.1. The molecule has 2 aromatic heterocycles. The second kappa shape index (κ2) is 12.8. The van der Waals surface area contributed by atoms with Crippen LogP contribution in [0.1, 0.15) is 17.0 Å². The van der Waals surface area contributed by atoms with Crippen molar-refractivity contribution in [1.82, 2.24) is 14.9 Å². The highest BCUT2D eigenvalue weighted by atomic mass is 32.1. The van der Waals surface area contributed by atoms with Gasteiger partial charge in [0, 0.05) is 55.3 Å². The van der Waals surface area contributed by atoms with Crippen molar-refractivity contribution in [2.24, 2.45) is 0 Å². The standard InChI is InChI=1S/C29H27FN4O4S/c1-31-26-18-23-25(19-28(26)37-11-2-8-34-9-12-36-13-10-34)32-6-5-27(23)38-22-4-3-20(24(30)17-22)15-21(35)16-29-33-7-14-39-29/h3-7,14,17-19H,2,8-13,15-16H2. The van der Waals surface area contributed by atoms with E-state index >= 15 is 0 Å². The fraction of sp³-hybridized carbons (Fsp3) is 0.310. The summed E-state index contributed by atoms with van der Waals surface area (Å²) in [7, 11) is 0. The van der Waals surface area contributed by atoms with Crippen molar-refractivity contribution in [2.45, 2.75) is 19.3 Å². The lowest BCUT2D eigenvalue weighted by Gasteiger charge is -2.26. The van der Waals surface area contributed by atoms with Crippen LogP contribution in [0.5, 0.6) is 17.2 Å². The van der Waals surface area contributed by atoms with E-state index in [2.05, 4.69) is 19.7 Å². The fourth-order valence-electron chi connectivity index (χ4n) is 4.37. The molecule has 10 heteroatoms. The minimum atomic E-state index is -0.520. The van der Waals surface area contributed by atoms with E-state index in [1.54, 1.807) is 48.1 Å². The molecule has 0 bridgehead atoms. The number of aromatic nitrogens is 2. The summed E-state index contributed by atoms with van der Waals surface area (Å²) in [5, 5.41) is 3.14.